The van der Waals surface area contributed by atoms with Crippen LogP contribution in [0.2, 0.25) is 0 Å². The summed E-state index contributed by atoms with van der Waals surface area (Å²) in [4.78, 5) is 32.2. The molecule has 0 amide bonds. The summed E-state index contributed by atoms with van der Waals surface area (Å²) in [6.45, 7) is 6.04. The van der Waals surface area contributed by atoms with Crippen molar-refractivity contribution in [3.8, 4) is 23.0 Å². The lowest BCUT2D eigenvalue weighted by atomic mass is 9.92. The summed E-state index contributed by atoms with van der Waals surface area (Å²) in [6, 6.07) is 24.7. The highest BCUT2D eigenvalue weighted by molar-refractivity contribution is 7.07. The van der Waals surface area contributed by atoms with Crippen molar-refractivity contribution in [3.05, 3.63) is 127 Å². The number of Topliss-reactive ketones (excluding diaryl/α,β-unsaturated/α-hetero) is 1. The van der Waals surface area contributed by atoms with Crippen LogP contribution in [0, 0.1) is 0 Å². The molecule has 0 saturated heterocycles. The topological polar surface area (TPSA) is 88.3 Å². The van der Waals surface area contributed by atoms with E-state index in [2.05, 4.69) is 29.3 Å². The summed E-state index contributed by atoms with van der Waals surface area (Å²) in [6.07, 6.45) is 1.82. The van der Waals surface area contributed by atoms with Crippen LogP contribution in [0.4, 0.5) is 0 Å². The maximum absolute atomic E-state index is 14.1. The van der Waals surface area contributed by atoms with Crippen molar-refractivity contribution in [2.45, 2.75) is 33.4 Å². The summed E-state index contributed by atoms with van der Waals surface area (Å²) in [7, 11) is 3.13. The van der Waals surface area contributed by atoms with Crippen molar-refractivity contribution in [1.82, 2.24) is 4.57 Å². The fourth-order valence-corrected chi connectivity index (χ4v) is 6.88. The molecule has 2 heterocycles. The third-order valence-electron chi connectivity index (χ3n) is 7.96. The second-order valence-corrected chi connectivity index (χ2v) is 11.8. The first-order valence-corrected chi connectivity index (χ1v) is 15.8. The molecule has 0 bridgehead atoms. The number of hydrogen-bond donors (Lipinski definition) is 0. The molecule has 0 unspecified atom stereocenters. The molecule has 0 radical (unpaired) electrons. The Kier molecular flexibility index (Phi) is 8.76. The number of ketones is 1. The fourth-order valence-electron chi connectivity index (χ4n) is 5.84. The highest BCUT2D eigenvalue weighted by Crippen LogP contribution is 2.37. The maximum atomic E-state index is 14.1. The van der Waals surface area contributed by atoms with Crippen molar-refractivity contribution in [3.63, 3.8) is 0 Å². The Morgan fingerprint density at radius 2 is 1.74 bits per heavy atom. The molecule has 5 aromatic rings. The molecule has 1 aliphatic heterocycles. The molecule has 1 atom stereocenters. The number of carbonyl (C=O) groups is 1. The van der Waals surface area contributed by atoms with Crippen LogP contribution in [0.3, 0.4) is 0 Å². The molecule has 0 spiro atoms. The molecule has 1 aliphatic rings. The minimum Gasteiger partial charge on any atom is -0.497 e. The summed E-state index contributed by atoms with van der Waals surface area (Å²) in [5.74, 6) is 2.14. The number of hydrogen-bond acceptors (Lipinski definition) is 8. The zero-order chi connectivity index (χ0) is 32.4. The minimum atomic E-state index is -0.708. The smallest absolute Gasteiger partial charge is 0.271 e. The van der Waals surface area contributed by atoms with E-state index in [9.17, 15) is 9.59 Å². The summed E-state index contributed by atoms with van der Waals surface area (Å²) in [5.41, 5.74) is 3.26. The molecule has 4 aromatic carbocycles. The van der Waals surface area contributed by atoms with E-state index in [-0.39, 0.29) is 11.3 Å². The van der Waals surface area contributed by atoms with Crippen molar-refractivity contribution in [2.24, 2.45) is 4.99 Å². The Bertz CT molecular complexity index is 2170. The normalized spacial score (nSPS) is 14.5. The SMILES string of the molecule is CCOc1cc(/C=c2\sc3n(c2=O)[C@H](c2ccc(OC)cc2OC)C(C(C)=O)=C(C)N=3)ccc1OCc1cccc2ccccc12. The van der Waals surface area contributed by atoms with Gasteiger partial charge in [0.05, 0.1) is 31.4 Å². The Morgan fingerprint density at radius 1 is 0.935 bits per heavy atom. The average Bonchev–Trinajstić information content (AvgIpc) is 3.36. The number of benzene rings is 4. The molecule has 46 heavy (non-hydrogen) atoms. The first-order chi connectivity index (χ1) is 22.3. The van der Waals surface area contributed by atoms with Crippen LogP contribution < -0.4 is 33.8 Å². The average molecular weight is 635 g/mol. The monoisotopic (exact) mass is 634 g/mol. The molecular formula is C37H34N2O6S. The molecule has 234 valence electrons. The fraction of sp³-hybridized carbons (Fsp3) is 0.216. The lowest BCUT2D eigenvalue weighted by Crippen LogP contribution is -2.39. The van der Waals surface area contributed by atoms with E-state index in [0.29, 0.717) is 62.4 Å². The third kappa shape index (κ3) is 5.81. The van der Waals surface area contributed by atoms with Gasteiger partial charge < -0.3 is 18.9 Å². The van der Waals surface area contributed by atoms with Gasteiger partial charge in [-0.2, -0.15) is 0 Å². The number of fused-ring (bicyclic) bond motifs is 2. The van der Waals surface area contributed by atoms with Gasteiger partial charge >= 0.3 is 0 Å². The zero-order valence-electron chi connectivity index (χ0n) is 26.3. The lowest BCUT2D eigenvalue weighted by molar-refractivity contribution is -0.114. The van der Waals surface area contributed by atoms with Gasteiger partial charge in [-0.05, 0) is 73.0 Å². The predicted octanol–water partition coefficient (Wildman–Crippen LogP) is 5.97. The Balaban J connectivity index is 1.39. The van der Waals surface area contributed by atoms with Crippen molar-refractivity contribution in [2.75, 3.05) is 20.8 Å². The van der Waals surface area contributed by atoms with Crippen LogP contribution in [0.1, 0.15) is 43.5 Å². The molecular weight excluding hydrogens is 600 g/mol. The van der Waals surface area contributed by atoms with Crippen LogP contribution in [0.25, 0.3) is 16.8 Å². The van der Waals surface area contributed by atoms with Gasteiger partial charge in [0.25, 0.3) is 5.56 Å². The molecule has 0 saturated carbocycles. The van der Waals surface area contributed by atoms with Gasteiger partial charge in [0.15, 0.2) is 22.1 Å². The number of aromatic nitrogens is 1. The molecule has 0 N–H and O–H groups in total. The molecule has 8 nitrogen and oxygen atoms in total. The van der Waals surface area contributed by atoms with E-state index in [1.165, 1.54) is 18.3 Å². The summed E-state index contributed by atoms with van der Waals surface area (Å²) < 4.78 is 25.3. The Morgan fingerprint density at radius 3 is 2.50 bits per heavy atom. The molecule has 9 heteroatoms. The van der Waals surface area contributed by atoms with Gasteiger partial charge in [-0.3, -0.25) is 14.2 Å². The summed E-state index contributed by atoms with van der Waals surface area (Å²) in [5, 5.41) is 2.30. The van der Waals surface area contributed by atoms with E-state index < -0.39 is 6.04 Å². The van der Waals surface area contributed by atoms with E-state index in [1.807, 2.05) is 55.5 Å². The van der Waals surface area contributed by atoms with E-state index in [1.54, 1.807) is 37.8 Å². The highest BCUT2D eigenvalue weighted by Gasteiger charge is 2.32. The van der Waals surface area contributed by atoms with E-state index in [0.717, 1.165) is 21.9 Å². The number of nitrogens with zero attached hydrogens (tertiary/aromatic N) is 2. The van der Waals surface area contributed by atoms with Crippen LogP contribution in [-0.4, -0.2) is 31.2 Å². The standard InChI is InChI=1S/C37H34N2O6S/c1-6-44-32-18-24(14-17-30(32)45-21-26-12-9-11-25-10-7-8-13-28(25)26)19-33-36(41)39-35(29-16-15-27(42-4)20-31(29)43-5)34(23(3)40)22(2)38-37(39)46-33/h7-20,35H,6,21H2,1-5H3/b33-19-/t35-/m1/s1. The van der Waals surface area contributed by atoms with Gasteiger partial charge in [-0.15, -0.1) is 0 Å². The van der Waals surface area contributed by atoms with Crippen molar-refractivity contribution < 1.29 is 23.7 Å². The summed E-state index contributed by atoms with van der Waals surface area (Å²) >= 11 is 1.27. The second-order valence-electron chi connectivity index (χ2n) is 10.8. The van der Waals surface area contributed by atoms with Gasteiger partial charge in [-0.1, -0.05) is 59.9 Å². The van der Waals surface area contributed by atoms with Gasteiger partial charge in [0.2, 0.25) is 0 Å². The zero-order valence-corrected chi connectivity index (χ0v) is 27.1. The van der Waals surface area contributed by atoms with Crippen molar-refractivity contribution in [1.29, 1.82) is 0 Å². The number of methoxy groups -OCH3 is 2. The molecule has 0 fully saturated rings. The Hall–Kier alpha value is -5.15. The third-order valence-corrected chi connectivity index (χ3v) is 8.95. The first kappa shape index (κ1) is 30.9. The molecule has 0 aliphatic carbocycles. The molecule has 6 rings (SSSR count). The van der Waals surface area contributed by atoms with Crippen LogP contribution >= 0.6 is 11.3 Å². The number of rotatable bonds is 10. The largest absolute Gasteiger partial charge is 0.497 e. The minimum absolute atomic E-state index is 0.168. The van der Waals surface area contributed by atoms with Gasteiger partial charge in [-0.25, -0.2) is 4.99 Å². The highest BCUT2D eigenvalue weighted by atomic mass is 32.1. The first-order valence-electron chi connectivity index (χ1n) is 14.9. The van der Waals surface area contributed by atoms with Gasteiger partial charge in [0, 0.05) is 22.9 Å². The predicted molar refractivity (Wildman–Crippen MR) is 180 cm³/mol. The lowest BCUT2D eigenvalue weighted by Gasteiger charge is -2.26. The number of ether oxygens (including phenoxy) is 4. The maximum Gasteiger partial charge on any atom is 0.271 e. The molecule has 1 aromatic heterocycles. The van der Waals surface area contributed by atoms with Crippen LogP contribution in [0.15, 0.2) is 99.9 Å². The number of carbonyl (C=O) groups excluding carboxylic acids is 1. The van der Waals surface area contributed by atoms with Crippen LogP contribution in [0.5, 0.6) is 23.0 Å². The van der Waals surface area contributed by atoms with E-state index >= 15 is 0 Å². The van der Waals surface area contributed by atoms with Crippen molar-refractivity contribution >= 4 is 34.0 Å². The second kappa shape index (κ2) is 13.1. The number of allylic oxidation sites excluding steroid dienone is 2. The van der Waals surface area contributed by atoms with Crippen LogP contribution in [-0.2, 0) is 11.4 Å². The Labute approximate surface area is 270 Å². The number of thiazole rings is 1. The van der Waals surface area contributed by atoms with E-state index in [4.69, 9.17) is 18.9 Å². The van der Waals surface area contributed by atoms with Gasteiger partial charge in [0.1, 0.15) is 18.1 Å². The quantitative estimate of drug-likeness (QED) is 0.188.